The maximum atomic E-state index is 11.9. The van der Waals surface area contributed by atoms with Crippen LogP contribution in [0.4, 0.5) is 0 Å². The van der Waals surface area contributed by atoms with Crippen molar-refractivity contribution in [3.05, 3.63) is 47.0 Å². The first-order chi connectivity index (χ1) is 10.6. The molecule has 2 aromatic carbocycles. The van der Waals surface area contributed by atoms with Gasteiger partial charge in [0.25, 0.3) is 0 Å². The molecule has 0 aliphatic heterocycles. The molecule has 6 nitrogen and oxygen atoms in total. The molecule has 0 aliphatic rings. The van der Waals surface area contributed by atoms with Crippen molar-refractivity contribution in [3.8, 4) is 11.4 Å². The molecule has 0 bridgehead atoms. The zero-order valence-corrected chi connectivity index (χ0v) is 12.4. The van der Waals surface area contributed by atoms with Crippen LogP contribution in [-0.2, 0) is 4.74 Å². The molecule has 3 rings (SSSR count). The Morgan fingerprint density at radius 2 is 1.91 bits per heavy atom. The first-order valence-corrected chi connectivity index (χ1v) is 7.00. The van der Waals surface area contributed by atoms with Gasteiger partial charge in [0.15, 0.2) is 5.75 Å². The predicted octanol–water partition coefficient (Wildman–Crippen LogP) is 2.96. The molecule has 0 amide bonds. The fraction of sp³-hybridized carbons (Fsp3) is 0.133. The Labute approximate surface area is 130 Å². The summed E-state index contributed by atoms with van der Waals surface area (Å²) in [4.78, 5) is 13.1. The lowest BCUT2D eigenvalue weighted by Gasteiger charge is -2.09. The van der Waals surface area contributed by atoms with Gasteiger partial charge in [-0.2, -0.15) is 0 Å². The lowest BCUT2D eigenvalue weighted by atomic mass is 10.1. The summed E-state index contributed by atoms with van der Waals surface area (Å²) in [6.07, 6.45) is 0. The van der Waals surface area contributed by atoms with Crippen molar-refractivity contribution < 1.29 is 14.6 Å². The number of aromatic nitrogens is 3. The van der Waals surface area contributed by atoms with E-state index in [1.807, 2.05) is 12.1 Å². The smallest absolute Gasteiger partial charge is 0.342 e. The molecule has 3 aromatic rings. The van der Waals surface area contributed by atoms with Gasteiger partial charge in [0, 0.05) is 5.02 Å². The van der Waals surface area contributed by atoms with Crippen LogP contribution in [0.2, 0.25) is 5.02 Å². The van der Waals surface area contributed by atoms with Crippen LogP contribution in [0.1, 0.15) is 17.3 Å². The summed E-state index contributed by atoms with van der Waals surface area (Å²) in [7, 11) is 0. The molecule has 1 N–H and O–H groups in total. The number of esters is 1. The molecular formula is C15H12ClN3O3. The summed E-state index contributed by atoms with van der Waals surface area (Å²) < 4.78 is 4.91. The quantitative estimate of drug-likeness (QED) is 0.751. The van der Waals surface area contributed by atoms with Gasteiger partial charge in [-0.3, -0.25) is 0 Å². The van der Waals surface area contributed by atoms with Gasteiger partial charge >= 0.3 is 5.97 Å². The third-order valence-corrected chi connectivity index (χ3v) is 3.27. The molecule has 0 saturated carbocycles. The van der Waals surface area contributed by atoms with Crippen molar-refractivity contribution in [1.82, 2.24) is 15.0 Å². The van der Waals surface area contributed by atoms with E-state index in [2.05, 4.69) is 10.2 Å². The van der Waals surface area contributed by atoms with Crippen molar-refractivity contribution in [2.24, 2.45) is 0 Å². The Bertz CT molecular complexity index is 827. The number of fused-ring (bicyclic) bond motifs is 1. The molecule has 0 aliphatic carbocycles. The highest BCUT2D eigenvalue weighted by Crippen LogP contribution is 2.30. The zero-order valence-electron chi connectivity index (χ0n) is 11.7. The van der Waals surface area contributed by atoms with Gasteiger partial charge in [-0.05, 0) is 31.2 Å². The Kier molecular flexibility index (Phi) is 3.68. The molecule has 0 saturated heterocycles. The summed E-state index contributed by atoms with van der Waals surface area (Å²) in [6, 6.07) is 10.1. The number of ether oxygens (including phenoxy) is 1. The Balaban J connectivity index is 2.15. The van der Waals surface area contributed by atoms with Crippen LogP contribution in [0, 0.1) is 0 Å². The molecule has 0 atom stereocenters. The van der Waals surface area contributed by atoms with Gasteiger partial charge in [-0.25, -0.2) is 4.79 Å². The molecule has 0 radical (unpaired) electrons. The number of rotatable bonds is 3. The second-order valence-electron chi connectivity index (χ2n) is 4.52. The predicted molar refractivity (Wildman–Crippen MR) is 81.5 cm³/mol. The number of phenols is 1. The summed E-state index contributed by atoms with van der Waals surface area (Å²) in [6.45, 7) is 1.88. The molecule has 1 heterocycles. The number of halogens is 1. The van der Waals surface area contributed by atoms with Crippen LogP contribution in [-0.4, -0.2) is 32.7 Å². The van der Waals surface area contributed by atoms with E-state index in [1.54, 1.807) is 19.1 Å². The number of hydrogen-bond donors (Lipinski definition) is 1. The molecule has 112 valence electrons. The van der Waals surface area contributed by atoms with Gasteiger partial charge in [0.1, 0.15) is 22.3 Å². The third-order valence-electron chi connectivity index (χ3n) is 3.05. The van der Waals surface area contributed by atoms with E-state index in [0.717, 1.165) is 0 Å². The first-order valence-electron chi connectivity index (χ1n) is 6.62. The summed E-state index contributed by atoms with van der Waals surface area (Å²) >= 11 is 6.03. The lowest BCUT2D eigenvalue weighted by molar-refractivity contribution is 0.0523. The topological polar surface area (TPSA) is 77.2 Å². The van der Waals surface area contributed by atoms with E-state index in [1.165, 1.54) is 16.9 Å². The van der Waals surface area contributed by atoms with Gasteiger partial charge in [0.2, 0.25) is 0 Å². The minimum atomic E-state index is -0.652. The average molecular weight is 318 g/mol. The fourth-order valence-electron chi connectivity index (χ4n) is 2.07. The van der Waals surface area contributed by atoms with Crippen LogP contribution >= 0.6 is 11.6 Å². The summed E-state index contributed by atoms with van der Waals surface area (Å²) in [5.74, 6) is -0.927. The Morgan fingerprint density at radius 1 is 1.27 bits per heavy atom. The van der Waals surface area contributed by atoms with Gasteiger partial charge in [-0.1, -0.05) is 23.7 Å². The van der Waals surface area contributed by atoms with E-state index >= 15 is 0 Å². The maximum Gasteiger partial charge on any atom is 0.342 e. The minimum absolute atomic E-state index is 0.0225. The number of aromatic hydroxyl groups is 1. The first kappa shape index (κ1) is 14.3. The van der Waals surface area contributed by atoms with E-state index in [9.17, 15) is 9.90 Å². The van der Waals surface area contributed by atoms with Crippen molar-refractivity contribution in [3.63, 3.8) is 0 Å². The largest absolute Gasteiger partial charge is 0.505 e. The van der Waals surface area contributed by atoms with Crippen LogP contribution in [0.25, 0.3) is 16.7 Å². The van der Waals surface area contributed by atoms with Gasteiger partial charge in [0.05, 0.1) is 6.61 Å². The highest BCUT2D eigenvalue weighted by molar-refractivity contribution is 6.31. The normalized spacial score (nSPS) is 10.8. The van der Waals surface area contributed by atoms with E-state index in [-0.39, 0.29) is 28.6 Å². The Hall–Kier alpha value is -2.60. The summed E-state index contributed by atoms with van der Waals surface area (Å²) in [5, 5.41) is 19.1. The van der Waals surface area contributed by atoms with Gasteiger partial charge < -0.3 is 9.84 Å². The number of phenolic OH excluding ortho intramolecular Hbond substituents is 1. The SMILES string of the molecule is CCOC(=O)c1cc(Cl)cc(-n2nc3ccccc3n2)c1O. The Morgan fingerprint density at radius 3 is 2.50 bits per heavy atom. The minimum Gasteiger partial charge on any atom is -0.505 e. The van der Waals surface area contributed by atoms with Crippen molar-refractivity contribution in [1.29, 1.82) is 0 Å². The molecule has 0 unspecified atom stereocenters. The van der Waals surface area contributed by atoms with Crippen molar-refractivity contribution in [2.75, 3.05) is 6.61 Å². The second kappa shape index (κ2) is 5.65. The van der Waals surface area contributed by atoms with E-state index in [4.69, 9.17) is 16.3 Å². The fourth-order valence-corrected chi connectivity index (χ4v) is 2.28. The second-order valence-corrected chi connectivity index (χ2v) is 4.96. The van der Waals surface area contributed by atoms with Crippen LogP contribution < -0.4 is 0 Å². The van der Waals surface area contributed by atoms with Crippen LogP contribution in [0.15, 0.2) is 36.4 Å². The number of hydrogen-bond acceptors (Lipinski definition) is 5. The van der Waals surface area contributed by atoms with E-state index < -0.39 is 5.97 Å². The van der Waals surface area contributed by atoms with Crippen LogP contribution in [0.5, 0.6) is 5.75 Å². The standard InChI is InChI=1S/C15H12ClN3O3/c1-2-22-15(21)10-7-9(16)8-13(14(10)20)19-17-11-5-3-4-6-12(11)18-19/h3-8,20H,2H2,1H3. The van der Waals surface area contributed by atoms with Crippen molar-refractivity contribution in [2.45, 2.75) is 6.92 Å². The molecule has 1 aromatic heterocycles. The monoisotopic (exact) mass is 317 g/mol. The highest BCUT2D eigenvalue weighted by Gasteiger charge is 2.19. The average Bonchev–Trinajstić information content (AvgIpc) is 2.93. The lowest BCUT2D eigenvalue weighted by Crippen LogP contribution is -2.08. The van der Waals surface area contributed by atoms with Crippen LogP contribution in [0.3, 0.4) is 0 Å². The van der Waals surface area contributed by atoms with Crippen molar-refractivity contribution >= 4 is 28.6 Å². The number of nitrogens with zero attached hydrogens (tertiary/aromatic N) is 3. The zero-order chi connectivity index (χ0) is 15.7. The molecule has 0 fully saturated rings. The molecule has 7 heteroatoms. The maximum absolute atomic E-state index is 11.9. The molecular weight excluding hydrogens is 306 g/mol. The van der Waals surface area contributed by atoms with Gasteiger partial charge in [-0.15, -0.1) is 15.0 Å². The molecule has 0 spiro atoms. The van der Waals surface area contributed by atoms with E-state index in [0.29, 0.717) is 11.0 Å². The number of carbonyl (C=O) groups is 1. The summed E-state index contributed by atoms with van der Waals surface area (Å²) in [5.41, 5.74) is 1.52. The molecule has 22 heavy (non-hydrogen) atoms. The highest BCUT2D eigenvalue weighted by atomic mass is 35.5. The number of benzene rings is 2. The third kappa shape index (κ3) is 2.48. The number of carbonyl (C=O) groups excluding carboxylic acids is 1.